The van der Waals surface area contributed by atoms with Gasteiger partial charge in [0.15, 0.2) is 0 Å². The summed E-state index contributed by atoms with van der Waals surface area (Å²) in [5.74, 6) is 3.16. The van der Waals surface area contributed by atoms with E-state index >= 15 is 0 Å². The van der Waals surface area contributed by atoms with E-state index in [1.54, 1.807) is 6.08 Å². The topological polar surface area (TPSA) is 62.5 Å². The van der Waals surface area contributed by atoms with E-state index in [1.807, 2.05) is 30.8 Å². The predicted octanol–water partition coefficient (Wildman–Crippen LogP) is 1.98. The summed E-state index contributed by atoms with van der Waals surface area (Å²) in [7, 11) is 0. The van der Waals surface area contributed by atoms with Gasteiger partial charge in [0.25, 0.3) is 0 Å². The quantitative estimate of drug-likeness (QED) is 0.828. The Morgan fingerprint density at radius 3 is 2.89 bits per heavy atom. The fraction of sp³-hybridized carbons (Fsp3) is 0.500. The Kier molecular flexibility index (Phi) is 4.71. The summed E-state index contributed by atoms with van der Waals surface area (Å²) in [6.45, 7) is 2.17. The monoisotopic (exact) mass is 281 g/mol. The van der Waals surface area contributed by atoms with Crippen LogP contribution in [0.1, 0.15) is 24.4 Å². The van der Waals surface area contributed by atoms with Crippen LogP contribution < -0.4 is 5.32 Å². The molecule has 4 nitrogen and oxygen atoms in total. The third-order valence-corrected chi connectivity index (χ3v) is 4.16. The number of thioether (sulfide) groups is 1. The highest BCUT2D eigenvalue weighted by Gasteiger charge is 2.29. The van der Waals surface area contributed by atoms with Gasteiger partial charge in [-0.05, 0) is 49.5 Å². The SMILES string of the molecule is Cc1ccc(C=CC(=O)NCC2(O)CCSCC2)o1. The number of furan rings is 1. The third kappa shape index (κ3) is 4.44. The molecule has 0 radical (unpaired) electrons. The number of rotatable bonds is 4. The zero-order chi connectivity index (χ0) is 13.7. The summed E-state index contributed by atoms with van der Waals surface area (Å²) in [4.78, 5) is 11.7. The maximum absolute atomic E-state index is 11.7. The average Bonchev–Trinajstić information content (AvgIpc) is 2.81. The summed E-state index contributed by atoms with van der Waals surface area (Å²) >= 11 is 1.84. The van der Waals surface area contributed by atoms with Gasteiger partial charge < -0.3 is 14.8 Å². The van der Waals surface area contributed by atoms with E-state index < -0.39 is 5.60 Å². The smallest absolute Gasteiger partial charge is 0.244 e. The van der Waals surface area contributed by atoms with Crippen molar-refractivity contribution < 1.29 is 14.3 Å². The first kappa shape index (κ1) is 14.2. The normalized spacial score (nSPS) is 18.6. The Morgan fingerprint density at radius 1 is 1.53 bits per heavy atom. The molecule has 5 heteroatoms. The second-order valence-corrected chi connectivity index (χ2v) is 6.06. The Hall–Kier alpha value is -1.20. The number of amides is 1. The molecule has 0 atom stereocenters. The van der Waals surface area contributed by atoms with Crippen molar-refractivity contribution in [3.8, 4) is 0 Å². The molecule has 2 rings (SSSR count). The van der Waals surface area contributed by atoms with Crippen LogP contribution in [0.5, 0.6) is 0 Å². The van der Waals surface area contributed by atoms with Gasteiger partial charge in [0, 0.05) is 12.6 Å². The first-order valence-electron chi connectivity index (χ1n) is 6.40. The molecule has 1 amide bonds. The van der Waals surface area contributed by atoms with Crippen molar-refractivity contribution in [2.45, 2.75) is 25.4 Å². The van der Waals surface area contributed by atoms with E-state index in [2.05, 4.69) is 5.32 Å². The molecule has 2 heterocycles. The summed E-state index contributed by atoms with van der Waals surface area (Å²) < 4.78 is 5.33. The van der Waals surface area contributed by atoms with Gasteiger partial charge >= 0.3 is 0 Å². The van der Waals surface area contributed by atoms with Crippen LogP contribution in [0.2, 0.25) is 0 Å². The fourth-order valence-electron chi connectivity index (χ4n) is 1.94. The van der Waals surface area contributed by atoms with E-state index in [0.29, 0.717) is 12.3 Å². The van der Waals surface area contributed by atoms with Gasteiger partial charge in [-0.3, -0.25) is 4.79 Å². The van der Waals surface area contributed by atoms with Gasteiger partial charge in [0.05, 0.1) is 5.60 Å². The lowest BCUT2D eigenvalue weighted by Gasteiger charge is -2.31. The third-order valence-electron chi connectivity index (χ3n) is 3.18. The van der Waals surface area contributed by atoms with E-state index in [4.69, 9.17) is 4.42 Å². The summed E-state index contributed by atoms with van der Waals surface area (Å²) in [6, 6.07) is 3.66. The first-order valence-corrected chi connectivity index (χ1v) is 7.55. The van der Waals surface area contributed by atoms with Crippen molar-refractivity contribution in [3.05, 3.63) is 29.7 Å². The van der Waals surface area contributed by atoms with E-state index in [9.17, 15) is 9.90 Å². The number of aliphatic hydroxyl groups is 1. The number of carbonyl (C=O) groups excluding carboxylic acids is 1. The molecule has 0 aliphatic carbocycles. The zero-order valence-corrected chi connectivity index (χ0v) is 11.8. The van der Waals surface area contributed by atoms with E-state index in [0.717, 1.165) is 30.1 Å². The van der Waals surface area contributed by atoms with Gasteiger partial charge in [0.1, 0.15) is 11.5 Å². The minimum absolute atomic E-state index is 0.208. The summed E-state index contributed by atoms with van der Waals surface area (Å²) in [5, 5.41) is 13.0. The second-order valence-electron chi connectivity index (χ2n) is 4.84. The highest BCUT2D eigenvalue weighted by atomic mass is 32.2. The molecule has 1 aliphatic rings. The standard InChI is InChI=1S/C14H19NO3S/c1-11-2-3-12(18-11)4-5-13(16)15-10-14(17)6-8-19-9-7-14/h2-5,17H,6-10H2,1H3,(H,15,16). The Morgan fingerprint density at radius 2 is 2.26 bits per heavy atom. The molecule has 0 bridgehead atoms. The minimum atomic E-state index is -0.740. The predicted molar refractivity (Wildman–Crippen MR) is 77.0 cm³/mol. The molecule has 0 saturated carbocycles. The van der Waals surface area contributed by atoms with Crippen LogP contribution in [-0.4, -0.2) is 34.7 Å². The van der Waals surface area contributed by atoms with Gasteiger partial charge in [-0.15, -0.1) is 0 Å². The van der Waals surface area contributed by atoms with Crippen molar-refractivity contribution >= 4 is 23.7 Å². The van der Waals surface area contributed by atoms with Gasteiger partial charge in [-0.25, -0.2) is 0 Å². The summed E-state index contributed by atoms with van der Waals surface area (Å²) in [5.41, 5.74) is -0.740. The van der Waals surface area contributed by atoms with Crippen molar-refractivity contribution in [3.63, 3.8) is 0 Å². The molecule has 0 aromatic carbocycles. The molecule has 0 spiro atoms. The molecule has 19 heavy (non-hydrogen) atoms. The van der Waals surface area contributed by atoms with Gasteiger partial charge in [-0.2, -0.15) is 11.8 Å². The highest BCUT2D eigenvalue weighted by Crippen LogP contribution is 2.26. The molecule has 104 valence electrons. The lowest BCUT2D eigenvalue weighted by atomic mass is 9.97. The molecule has 1 fully saturated rings. The van der Waals surface area contributed by atoms with Crippen LogP contribution in [-0.2, 0) is 4.79 Å². The number of aryl methyl sites for hydroxylation is 1. The van der Waals surface area contributed by atoms with Crippen LogP contribution in [0.3, 0.4) is 0 Å². The molecular formula is C14H19NO3S. The molecule has 0 unspecified atom stereocenters. The highest BCUT2D eigenvalue weighted by molar-refractivity contribution is 7.99. The number of carbonyl (C=O) groups is 1. The summed E-state index contributed by atoms with van der Waals surface area (Å²) in [6.07, 6.45) is 4.53. The Labute approximate surface area is 117 Å². The average molecular weight is 281 g/mol. The van der Waals surface area contributed by atoms with Gasteiger partial charge in [-0.1, -0.05) is 0 Å². The molecular weight excluding hydrogens is 262 g/mol. The van der Waals surface area contributed by atoms with Crippen molar-refractivity contribution in [2.75, 3.05) is 18.1 Å². The number of hydrogen-bond acceptors (Lipinski definition) is 4. The second kappa shape index (κ2) is 6.30. The molecule has 1 aliphatic heterocycles. The van der Waals surface area contributed by atoms with Crippen molar-refractivity contribution in [1.82, 2.24) is 5.32 Å². The first-order chi connectivity index (χ1) is 9.07. The van der Waals surface area contributed by atoms with E-state index in [1.165, 1.54) is 6.08 Å². The van der Waals surface area contributed by atoms with Crippen molar-refractivity contribution in [2.24, 2.45) is 0 Å². The van der Waals surface area contributed by atoms with Crippen LogP contribution in [0, 0.1) is 6.92 Å². The lowest BCUT2D eigenvalue weighted by Crippen LogP contribution is -2.44. The molecule has 1 aromatic heterocycles. The van der Waals surface area contributed by atoms with E-state index in [-0.39, 0.29) is 5.91 Å². The lowest BCUT2D eigenvalue weighted by molar-refractivity contribution is -0.117. The maximum Gasteiger partial charge on any atom is 0.244 e. The zero-order valence-electron chi connectivity index (χ0n) is 11.0. The molecule has 2 N–H and O–H groups in total. The Bertz CT molecular complexity index is 461. The Balaban J connectivity index is 1.79. The molecule has 1 saturated heterocycles. The fourth-order valence-corrected chi connectivity index (χ4v) is 3.19. The van der Waals surface area contributed by atoms with Crippen molar-refractivity contribution in [1.29, 1.82) is 0 Å². The van der Waals surface area contributed by atoms with Crippen LogP contribution >= 0.6 is 11.8 Å². The maximum atomic E-state index is 11.7. The minimum Gasteiger partial charge on any atom is -0.462 e. The van der Waals surface area contributed by atoms with Crippen LogP contribution in [0.25, 0.3) is 6.08 Å². The number of hydrogen-bond donors (Lipinski definition) is 2. The molecule has 1 aromatic rings. The van der Waals surface area contributed by atoms with Crippen LogP contribution in [0.4, 0.5) is 0 Å². The number of nitrogens with one attached hydrogen (secondary N) is 1. The van der Waals surface area contributed by atoms with Gasteiger partial charge in [0.2, 0.25) is 5.91 Å². The van der Waals surface area contributed by atoms with Crippen LogP contribution in [0.15, 0.2) is 22.6 Å². The largest absolute Gasteiger partial charge is 0.462 e.